The van der Waals surface area contributed by atoms with Gasteiger partial charge in [0.15, 0.2) is 5.78 Å². The smallest absolute Gasteiger partial charge is 0.157 e. The Kier molecular flexibility index (Phi) is 3.80. The SMILES string of the molecule is COCCCNC1=CC(=O)CC1. The van der Waals surface area contributed by atoms with Crippen LogP contribution in [-0.4, -0.2) is 26.0 Å². The highest BCUT2D eigenvalue weighted by molar-refractivity contribution is 5.92. The van der Waals surface area contributed by atoms with Crippen molar-refractivity contribution in [1.82, 2.24) is 5.32 Å². The van der Waals surface area contributed by atoms with Gasteiger partial charge in [-0.1, -0.05) is 0 Å². The van der Waals surface area contributed by atoms with Gasteiger partial charge in [-0.3, -0.25) is 4.79 Å². The second-order valence-corrected chi connectivity index (χ2v) is 2.91. The number of hydrogen-bond acceptors (Lipinski definition) is 3. The molecule has 1 N–H and O–H groups in total. The zero-order valence-electron chi connectivity index (χ0n) is 7.43. The summed E-state index contributed by atoms with van der Waals surface area (Å²) in [6.07, 6.45) is 4.24. The highest BCUT2D eigenvalue weighted by Crippen LogP contribution is 2.11. The maximum absolute atomic E-state index is 10.8. The second-order valence-electron chi connectivity index (χ2n) is 2.91. The molecule has 1 aliphatic rings. The number of ether oxygens (including phenoxy) is 1. The molecule has 3 nitrogen and oxygen atoms in total. The molecular weight excluding hydrogens is 154 g/mol. The van der Waals surface area contributed by atoms with Crippen LogP contribution >= 0.6 is 0 Å². The number of rotatable bonds is 5. The molecule has 0 aliphatic heterocycles. The Morgan fingerprint density at radius 2 is 2.42 bits per heavy atom. The first-order chi connectivity index (χ1) is 5.83. The second kappa shape index (κ2) is 4.93. The summed E-state index contributed by atoms with van der Waals surface area (Å²) in [5.41, 5.74) is 1.08. The zero-order valence-corrected chi connectivity index (χ0v) is 7.43. The lowest BCUT2D eigenvalue weighted by atomic mass is 10.3. The van der Waals surface area contributed by atoms with Crippen LogP contribution in [0.3, 0.4) is 0 Å². The fourth-order valence-corrected chi connectivity index (χ4v) is 1.20. The van der Waals surface area contributed by atoms with Crippen molar-refractivity contribution in [3.63, 3.8) is 0 Å². The van der Waals surface area contributed by atoms with Crippen molar-refractivity contribution >= 4 is 5.78 Å². The van der Waals surface area contributed by atoms with Gasteiger partial charge < -0.3 is 10.1 Å². The third-order valence-electron chi connectivity index (χ3n) is 1.85. The van der Waals surface area contributed by atoms with E-state index in [-0.39, 0.29) is 5.78 Å². The number of nitrogens with one attached hydrogen (secondary N) is 1. The van der Waals surface area contributed by atoms with Gasteiger partial charge in [0.25, 0.3) is 0 Å². The van der Waals surface area contributed by atoms with E-state index in [0.717, 1.165) is 31.7 Å². The predicted octanol–water partition coefficient (Wildman–Crippen LogP) is 0.859. The Labute approximate surface area is 72.8 Å². The Morgan fingerprint density at radius 3 is 3.00 bits per heavy atom. The van der Waals surface area contributed by atoms with Crippen LogP contribution in [0.1, 0.15) is 19.3 Å². The first kappa shape index (κ1) is 9.26. The van der Waals surface area contributed by atoms with Crippen molar-refractivity contribution < 1.29 is 9.53 Å². The standard InChI is InChI=1S/C9H15NO2/c1-12-6-2-5-10-8-3-4-9(11)7-8/h7,10H,2-6H2,1H3. The minimum Gasteiger partial charge on any atom is -0.388 e. The lowest BCUT2D eigenvalue weighted by molar-refractivity contribution is -0.114. The Hall–Kier alpha value is -0.830. The highest BCUT2D eigenvalue weighted by atomic mass is 16.5. The average molecular weight is 169 g/mol. The van der Waals surface area contributed by atoms with Crippen molar-refractivity contribution in [3.05, 3.63) is 11.8 Å². The minimum absolute atomic E-state index is 0.240. The van der Waals surface area contributed by atoms with E-state index in [2.05, 4.69) is 5.32 Å². The van der Waals surface area contributed by atoms with Crippen molar-refractivity contribution in [3.8, 4) is 0 Å². The molecule has 68 valence electrons. The molecule has 0 radical (unpaired) electrons. The highest BCUT2D eigenvalue weighted by Gasteiger charge is 2.10. The largest absolute Gasteiger partial charge is 0.388 e. The monoisotopic (exact) mass is 169 g/mol. The third-order valence-corrected chi connectivity index (χ3v) is 1.85. The van der Waals surface area contributed by atoms with Gasteiger partial charge in [-0.2, -0.15) is 0 Å². The number of carbonyl (C=O) groups is 1. The van der Waals surface area contributed by atoms with Crippen LogP contribution < -0.4 is 5.32 Å². The Morgan fingerprint density at radius 1 is 1.58 bits per heavy atom. The summed E-state index contributed by atoms with van der Waals surface area (Å²) >= 11 is 0. The summed E-state index contributed by atoms with van der Waals surface area (Å²) in [7, 11) is 1.69. The minimum atomic E-state index is 0.240. The molecule has 0 saturated heterocycles. The third kappa shape index (κ3) is 3.05. The fourth-order valence-electron chi connectivity index (χ4n) is 1.20. The summed E-state index contributed by atoms with van der Waals surface area (Å²) in [6, 6.07) is 0. The molecule has 0 atom stereocenters. The first-order valence-electron chi connectivity index (χ1n) is 4.29. The molecule has 0 amide bonds. The summed E-state index contributed by atoms with van der Waals surface area (Å²) in [5, 5.41) is 3.21. The molecule has 0 heterocycles. The van der Waals surface area contributed by atoms with Gasteiger partial charge in [0.05, 0.1) is 0 Å². The molecular formula is C9H15NO2. The van der Waals surface area contributed by atoms with Crippen molar-refractivity contribution in [2.24, 2.45) is 0 Å². The molecule has 12 heavy (non-hydrogen) atoms. The van der Waals surface area contributed by atoms with Gasteiger partial charge in [-0.05, 0) is 12.8 Å². The maximum atomic E-state index is 10.8. The van der Waals surface area contributed by atoms with Crippen LogP contribution in [0, 0.1) is 0 Å². The van der Waals surface area contributed by atoms with Crippen molar-refractivity contribution in [2.75, 3.05) is 20.3 Å². The van der Waals surface area contributed by atoms with E-state index in [0.29, 0.717) is 6.42 Å². The lowest BCUT2D eigenvalue weighted by Gasteiger charge is -2.04. The molecule has 1 aliphatic carbocycles. The number of methoxy groups -OCH3 is 1. The molecule has 0 aromatic carbocycles. The molecule has 0 bridgehead atoms. The van der Waals surface area contributed by atoms with Crippen molar-refractivity contribution in [2.45, 2.75) is 19.3 Å². The fraction of sp³-hybridized carbons (Fsp3) is 0.667. The normalized spacial score (nSPS) is 16.4. The average Bonchev–Trinajstić information content (AvgIpc) is 2.45. The molecule has 0 fully saturated rings. The molecule has 0 saturated carbocycles. The van der Waals surface area contributed by atoms with E-state index in [9.17, 15) is 4.79 Å². The van der Waals surface area contributed by atoms with Crippen LogP contribution in [0.4, 0.5) is 0 Å². The summed E-state index contributed by atoms with van der Waals surface area (Å²) in [5.74, 6) is 0.240. The van der Waals surface area contributed by atoms with Gasteiger partial charge in [0.1, 0.15) is 0 Å². The van der Waals surface area contributed by atoms with Crippen LogP contribution in [0.2, 0.25) is 0 Å². The van der Waals surface area contributed by atoms with Crippen LogP contribution in [0.15, 0.2) is 11.8 Å². The number of carbonyl (C=O) groups excluding carboxylic acids is 1. The van der Waals surface area contributed by atoms with E-state index < -0.39 is 0 Å². The van der Waals surface area contributed by atoms with Gasteiger partial charge in [0, 0.05) is 38.5 Å². The van der Waals surface area contributed by atoms with Crippen LogP contribution in [0.5, 0.6) is 0 Å². The Balaban J connectivity index is 2.07. The predicted molar refractivity (Wildman–Crippen MR) is 46.8 cm³/mol. The quantitative estimate of drug-likeness (QED) is 0.620. The van der Waals surface area contributed by atoms with Gasteiger partial charge >= 0.3 is 0 Å². The van der Waals surface area contributed by atoms with Gasteiger partial charge in [0.2, 0.25) is 0 Å². The zero-order chi connectivity index (χ0) is 8.81. The summed E-state index contributed by atoms with van der Waals surface area (Å²) in [4.78, 5) is 10.8. The van der Waals surface area contributed by atoms with Gasteiger partial charge in [-0.25, -0.2) is 0 Å². The molecule has 3 heteroatoms. The lowest BCUT2D eigenvalue weighted by Crippen LogP contribution is -2.14. The molecule has 0 spiro atoms. The van der Waals surface area contributed by atoms with Gasteiger partial charge in [-0.15, -0.1) is 0 Å². The topological polar surface area (TPSA) is 38.3 Å². The molecule has 0 aromatic heterocycles. The van der Waals surface area contributed by atoms with Crippen molar-refractivity contribution in [1.29, 1.82) is 0 Å². The summed E-state index contributed by atoms with van der Waals surface area (Å²) in [6.45, 7) is 1.67. The Bertz CT molecular complexity index is 187. The molecule has 0 unspecified atom stereocenters. The van der Waals surface area contributed by atoms with E-state index in [1.807, 2.05) is 0 Å². The van der Waals surface area contributed by atoms with E-state index in [4.69, 9.17) is 4.74 Å². The maximum Gasteiger partial charge on any atom is 0.157 e. The van der Waals surface area contributed by atoms with Crippen LogP contribution in [-0.2, 0) is 9.53 Å². The first-order valence-corrected chi connectivity index (χ1v) is 4.29. The number of allylic oxidation sites excluding steroid dienone is 2. The molecule has 0 aromatic rings. The van der Waals surface area contributed by atoms with E-state index in [1.165, 1.54) is 0 Å². The summed E-state index contributed by atoms with van der Waals surface area (Å²) < 4.78 is 4.90. The number of hydrogen-bond donors (Lipinski definition) is 1. The van der Waals surface area contributed by atoms with Crippen LogP contribution in [0.25, 0.3) is 0 Å². The molecule has 1 rings (SSSR count). The number of ketones is 1. The van der Waals surface area contributed by atoms with E-state index in [1.54, 1.807) is 13.2 Å². The van der Waals surface area contributed by atoms with E-state index >= 15 is 0 Å².